The number of nitrogens with zero attached hydrogens (tertiary/aromatic N) is 1. The minimum absolute atomic E-state index is 0.186. The summed E-state index contributed by atoms with van der Waals surface area (Å²) >= 11 is 0. The van der Waals surface area contributed by atoms with Crippen molar-refractivity contribution in [3.8, 4) is 0 Å². The van der Waals surface area contributed by atoms with Crippen molar-refractivity contribution in [2.75, 3.05) is 18.8 Å². The third-order valence-electron chi connectivity index (χ3n) is 1.16. The fourth-order valence-electron chi connectivity index (χ4n) is 0.555. The van der Waals surface area contributed by atoms with Crippen molar-refractivity contribution in [2.45, 2.75) is 6.92 Å². The summed E-state index contributed by atoms with van der Waals surface area (Å²) in [5.41, 5.74) is 0. The van der Waals surface area contributed by atoms with Gasteiger partial charge in [0.15, 0.2) is 13.1 Å². The molecule has 0 rings (SSSR count). The summed E-state index contributed by atoms with van der Waals surface area (Å²) in [5.74, 6) is -0.575. The lowest BCUT2D eigenvalue weighted by Gasteiger charge is -1.92. The number of hydrogen-bond donors (Lipinski definition) is 1. The second-order valence-electron chi connectivity index (χ2n) is 2.02. The van der Waals surface area contributed by atoms with Crippen molar-refractivity contribution in [2.24, 2.45) is 0 Å². The average molecular weight is 216 g/mol. The van der Waals surface area contributed by atoms with Gasteiger partial charge in [-0.25, -0.2) is 0 Å². The molecule has 0 aromatic carbocycles. The van der Waals surface area contributed by atoms with Crippen molar-refractivity contribution in [3.05, 3.63) is 0 Å². The van der Waals surface area contributed by atoms with Crippen LogP contribution in [0.3, 0.4) is 0 Å². The molecule has 0 aromatic rings. The lowest BCUT2D eigenvalue weighted by molar-refractivity contribution is -0.495. The summed E-state index contributed by atoms with van der Waals surface area (Å²) in [6.07, 6.45) is 0. The van der Waals surface area contributed by atoms with E-state index in [4.69, 9.17) is 4.55 Å². The van der Waals surface area contributed by atoms with Gasteiger partial charge in [0.05, 0.1) is 0 Å². The smallest absolute Gasteiger partial charge is 0.285 e. The summed E-state index contributed by atoms with van der Waals surface area (Å²) in [6, 6.07) is 0. The first kappa shape index (κ1) is 11.5. The Bertz CT molecular complexity index is 356. The van der Waals surface area contributed by atoms with Gasteiger partial charge in [-0.1, -0.05) is 0 Å². The molecule has 0 saturated carbocycles. The van der Waals surface area contributed by atoms with Gasteiger partial charge in [0, 0.05) is 0 Å². The van der Waals surface area contributed by atoms with Crippen molar-refractivity contribution in [1.82, 2.24) is 0 Å². The van der Waals surface area contributed by atoms with Crippen LogP contribution in [0.4, 0.5) is 0 Å². The van der Waals surface area contributed by atoms with Crippen LogP contribution < -0.4 is 0 Å². The van der Waals surface area contributed by atoms with E-state index >= 15 is 0 Å². The molecule has 8 heteroatoms. The first-order valence-electron chi connectivity index (χ1n) is 3.16. The van der Waals surface area contributed by atoms with Crippen molar-refractivity contribution < 1.29 is 25.3 Å². The molecule has 12 heavy (non-hydrogen) atoms. The molecule has 0 radical (unpaired) electrons. The molecule has 0 aliphatic heterocycles. The van der Waals surface area contributed by atoms with E-state index < -0.39 is 26.4 Å². The second kappa shape index (κ2) is 4.53. The molecule has 6 nitrogen and oxygen atoms in total. The fourth-order valence-corrected chi connectivity index (χ4v) is 1.57. The van der Waals surface area contributed by atoms with Crippen molar-refractivity contribution >= 4 is 20.6 Å². The monoisotopic (exact) mass is 216 g/mol. The van der Waals surface area contributed by atoms with E-state index in [0.29, 0.717) is 0 Å². The lowest BCUT2D eigenvalue weighted by atomic mass is 10.7. The Kier molecular flexibility index (Phi) is 4.35. The van der Waals surface area contributed by atoms with E-state index in [9.17, 15) is 16.8 Å². The summed E-state index contributed by atoms with van der Waals surface area (Å²) in [5, 5.41) is 0. The van der Waals surface area contributed by atoms with E-state index in [0.717, 1.165) is 3.95 Å². The van der Waals surface area contributed by atoms with E-state index in [-0.39, 0.29) is 13.1 Å². The molecule has 1 N–H and O–H groups in total. The van der Waals surface area contributed by atoms with Gasteiger partial charge < -0.3 is 0 Å². The Morgan fingerprint density at radius 1 is 1.42 bits per heavy atom. The largest absolute Gasteiger partial charge is 0.458 e. The van der Waals surface area contributed by atoms with Crippen LogP contribution in [-0.4, -0.2) is 44.2 Å². The molecule has 0 aliphatic carbocycles. The maximum Gasteiger partial charge on any atom is 0.458 e. The molecule has 0 saturated heterocycles. The second-order valence-corrected chi connectivity index (χ2v) is 4.55. The first-order valence-corrected chi connectivity index (χ1v) is 5.80. The van der Waals surface area contributed by atoms with E-state index in [1.807, 2.05) is 0 Å². The van der Waals surface area contributed by atoms with Crippen molar-refractivity contribution in [1.29, 1.82) is 0 Å². The molecule has 0 aromatic heterocycles. The summed E-state index contributed by atoms with van der Waals surface area (Å²) in [4.78, 5) is 0. The lowest BCUT2D eigenvalue weighted by Crippen LogP contribution is -2.20. The summed E-state index contributed by atoms with van der Waals surface area (Å²) in [6.45, 7) is 1.54. The maximum atomic E-state index is 10.3. The molecule has 72 valence electrons. The number of hydrogen-bond acceptors (Lipinski definition) is 4. The number of rotatable bonds is 4. The third-order valence-corrected chi connectivity index (χ3v) is 2.72. The zero-order valence-corrected chi connectivity index (χ0v) is 8.10. The molecule has 0 heterocycles. The van der Waals surface area contributed by atoms with Crippen LogP contribution in [0.15, 0.2) is 0 Å². The van der Waals surface area contributed by atoms with Gasteiger partial charge >= 0.3 is 10.5 Å². The van der Waals surface area contributed by atoms with Crippen molar-refractivity contribution in [3.63, 3.8) is 0 Å². The fraction of sp³-hybridized carbons (Fsp3) is 1.00. The highest BCUT2D eigenvalue weighted by Crippen LogP contribution is 1.83. The molecule has 0 amide bonds. The average Bonchev–Trinajstić information content (AvgIpc) is 1.85. The van der Waals surface area contributed by atoms with Gasteiger partial charge in [0.25, 0.3) is 10.1 Å². The predicted molar refractivity (Wildman–Crippen MR) is 41.0 cm³/mol. The Morgan fingerprint density at radius 2 is 1.92 bits per heavy atom. The van der Waals surface area contributed by atoms with Crippen LogP contribution in [0, 0.1) is 0 Å². The van der Waals surface area contributed by atoms with Crippen LogP contribution in [0.2, 0.25) is 0 Å². The standard InChI is InChI=1S/C4H9NO5S2/c1-2-5(11(6)7)3-4-12(8,9)10/h2-4H2,1H3/p+1. The highest BCUT2D eigenvalue weighted by atomic mass is 32.2. The van der Waals surface area contributed by atoms with Crippen LogP contribution in [-0.2, 0) is 20.6 Å². The predicted octanol–water partition coefficient (Wildman–Crippen LogP) is -1.03. The van der Waals surface area contributed by atoms with Crippen LogP contribution >= 0.6 is 0 Å². The highest BCUT2D eigenvalue weighted by Gasteiger charge is 2.11. The quantitative estimate of drug-likeness (QED) is 0.479. The Hall–Kier alpha value is -0.470. The molecule has 0 aliphatic rings. The zero-order chi connectivity index (χ0) is 9.78. The minimum Gasteiger partial charge on any atom is -0.285 e. The normalized spacial score (nSPS) is 11.2. The Labute approximate surface area is 72.3 Å². The topological polar surface area (TPSA) is 91.5 Å². The van der Waals surface area contributed by atoms with Crippen LogP contribution in [0.5, 0.6) is 0 Å². The van der Waals surface area contributed by atoms with Gasteiger partial charge in [0.1, 0.15) is 5.75 Å². The molecule has 0 atom stereocenters. The highest BCUT2D eigenvalue weighted by molar-refractivity contribution is 7.85. The molecular weight excluding hydrogens is 206 g/mol. The van der Waals surface area contributed by atoms with Crippen LogP contribution in [0.25, 0.3) is 0 Å². The van der Waals surface area contributed by atoms with Crippen LogP contribution in [0.1, 0.15) is 6.92 Å². The SMILES string of the molecule is CC[N+](CCS(=O)(=O)O)=S(=O)=O. The van der Waals surface area contributed by atoms with Gasteiger partial charge in [-0.05, 0) is 6.92 Å². The molecule has 0 unspecified atom stereocenters. The van der Waals surface area contributed by atoms with E-state index in [2.05, 4.69) is 0 Å². The molecular formula is C4H10NO5S2+. The zero-order valence-electron chi connectivity index (χ0n) is 6.47. The van der Waals surface area contributed by atoms with E-state index in [1.165, 1.54) is 0 Å². The first-order chi connectivity index (χ1) is 5.37. The Balaban J connectivity index is 4.40. The summed E-state index contributed by atoms with van der Waals surface area (Å²) in [7, 11) is -6.51. The van der Waals surface area contributed by atoms with E-state index in [1.54, 1.807) is 6.92 Å². The molecule has 0 fully saturated rings. The van der Waals surface area contributed by atoms with Gasteiger partial charge in [-0.2, -0.15) is 8.42 Å². The summed E-state index contributed by atoms with van der Waals surface area (Å²) < 4.78 is 50.2. The minimum atomic E-state index is -4.08. The molecule has 0 spiro atoms. The van der Waals surface area contributed by atoms with Gasteiger partial charge in [-0.15, -0.1) is 12.4 Å². The van der Waals surface area contributed by atoms with Gasteiger partial charge in [0.2, 0.25) is 0 Å². The maximum absolute atomic E-state index is 10.3. The van der Waals surface area contributed by atoms with Gasteiger partial charge in [-0.3, -0.25) is 4.55 Å². The molecule has 0 bridgehead atoms. The third kappa shape index (κ3) is 5.22. The Morgan fingerprint density at radius 3 is 2.17 bits per heavy atom.